The quantitative estimate of drug-likeness (QED) is 0.694. The number of rotatable bonds is 4. The molecule has 0 fully saturated rings. The smallest absolute Gasteiger partial charge is 0.335 e. The minimum absolute atomic E-state index is 0.0479. The predicted octanol–water partition coefficient (Wildman–Crippen LogP) is -0.578. The molecule has 1 heterocycles. The van der Waals surface area contributed by atoms with Crippen LogP contribution in [0, 0.1) is 0 Å². The Morgan fingerprint density at radius 3 is 2.60 bits per heavy atom. The second-order valence-corrected chi connectivity index (χ2v) is 2.97. The normalized spacial score (nSPS) is 9.87. The topological polar surface area (TPSA) is 102 Å². The molecule has 0 bridgehead atoms. The molecule has 0 aliphatic rings. The third-order valence-corrected chi connectivity index (χ3v) is 1.84. The number of aromatic carboxylic acids is 1. The summed E-state index contributed by atoms with van der Waals surface area (Å²) in [7, 11) is 0. The van der Waals surface area contributed by atoms with Gasteiger partial charge in [0.1, 0.15) is 0 Å². The van der Waals surface area contributed by atoms with Crippen LogP contribution in [0.2, 0.25) is 0 Å². The molecule has 80 valence electrons. The fraction of sp³-hybridized carbons (Fsp3) is 0.222. The molecule has 0 aliphatic carbocycles. The van der Waals surface area contributed by atoms with Gasteiger partial charge in [-0.05, 0) is 6.07 Å². The highest BCUT2D eigenvalue weighted by Gasteiger charge is 2.05. The van der Waals surface area contributed by atoms with Crippen LogP contribution in [0.15, 0.2) is 23.1 Å². The summed E-state index contributed by atoms with van der Waals surface area (Å²) in [6.07, 6.45) is 1.38. The Hall–Kier alpha value is -2.11. The van der Waals surface area contributed by atoms with E-state index in [1.165, 1.54) is 16.8 Å². The number of amides is 1. The minimum Gasteiger partial charge on any atom is -0.478 e. The van der Waals surface area contributed by atoms with Gasteiger partial charge in [-0.2, -0.15) is 0 Å². The Morgan fingerprint density at radius 2 is 2.13 bits per heavy atom. The first-order chi connectivity index (χ1) is 7.00. The van der Waals surface area contributed by atoms with Crippen molar-refractivity contribution < 1.29 is 14.7 Å². The Morgan fingerprint density at radius 1 is 1.47 bits per heavy atom. The van der Waals surface area contributed by atoms with E-state index in [9.17, 15) is 14.4 Å². The van der Waals surface area contributed by atoms with E-state index in [1.807, 2.05) is 0 Å². The van der Waals surface area contributed by atoms with E-state index < -0.39 is 17.4 Å². The standard InChI is InChI=1S/C9H10N2O4/c10-7(12)2-4-11-3-1-6(9(14)15)5-8(11)13/h1,3,5H,2,4H2,(H2,10,12)(H,14,15). The SMILES string of the molecule is NC(=O)CCn1ccc(C(=O)O)cc1=O. The van der Waals surface area contributed by atoms with E-state index in [0.29, 0.717) is 0 Å². The molecule has 0 aromatic carbocycles. The fourth-order valence-corrected chi connectivity index (χ4v) is 1.06. The summed E-state index contributed by atoms with van der Waals surface area (Å²) in [4.78, 5) is 32.3. The van der Waals surface area contributed by atoms with Crippen molar-refractivity contribution in [2.45, 2.75) is 13.0 Å². The highest BCUT2D eigenvalue weighted by molar-refractivity contribution is 5.87. The van der Waals surface area contributed by atoms with Gasteiger partial charge in [0, 0.05) is 25.2 Å². The molecule has 0 atom stereocenters. The van der Waals surface area contributed by atoms with Crippen LogP contribution in [0.3, 0.4) is 0 Å². The second kappa shape index (κ2) is 4.41. The first kappa shape index (κ1) is 11.0. The molecule has 0 radical (unpaired) electrons. The van der Waals surface area contributed by atoms with Crippen LogP contribution in [0.1, 0.15) is 16.8 Å². The molecule has 0 saturated heterocycles. The molecular weight excluding hydrogens is 200 g/mol. The van der Waals surface area contributed by atoms with Crippen molar-refractivity contribution in [2.75, 3.05) is 0 Å². The third kappa shape index (κ3) is 2.94. The van der Waals surface area contributed by atoms with Gasteiger partial charge in [-0.25, -0.2) is 4.79 Å². The lowest BCUT2D eigenvalue weighted by Gasteiger charge is -2.03. The number of nitrogens with two attached hydrogens (primary N) is 1. The van der Waals surface area contributed by atoms with Gasteiger partial charge in [0.05, 0.1) is 5.56 Å². The molecule has 1 amide bonds. The van der Waals surface area contributed by atoms with E-state index in [-0.39, 0.29) is 18.5 Å². The number of aryl methyl sites for hydroxylation is 1. The van der Waals surface area contributed by atoms with Crippen LogP contribution in [0.25, 0.3) is 0 Å². The molecule has 0 aliphatic heterocycles. The Labute approximate surface area is 84.9 Å². The van der Waals surface area contributed by atoms with Crippen LogP contribution in [0.5, 0.6) is 0 Å². The van der Waals surface area contributed by atoms with Crippen molar-refractivity contribution in [3.8, 4) is 0 Å². The number of primary amides is 1. The summed E-state index contributed by atoms with van der Waals surface area (Å²) in [5, 5.41) is 8.60. The van der Waals surface area contributed by atoms with Gasteiger partial charge in [0.15, 0.2) is 0 Å². The van der Waals surface area contributed by atoms with E-state index in [0.717, 1.165) is 6.07 Å². The number of hydrogen-bond donors (Lipinski definition) is 2. The van der Waals surface area contributed by atoms with Gasteiger partial charge in [0.25, 0.3) is 5.56 Å². The second-order valence-electron chi connectivity index (χ2n) is 2.97. The zero-order chi connectivity index (χ0) is 11.4. The van der Waals surface area contributed by atoms with Crippen molar-refractivity contribution in [1.29, 1.82) is 0 Å². The summed E-state index contributed by atoms with van der Waals surface area (Å²) < 4.78 is 1.23. The van der Waals surface area contributed by atoms with E-state index in [4.69, 9.17) is 10.8 Å². The number of nitrogens with zero attached hydrogens (tertiary/aromatic N) is 1. The van der Waals surface area contributed by atoms with Gasteiger partial charge in [0.2, 0.25) is 5.91 Å². The molecule has 1 aromatic rings. The Balaban J connectivity index is 2.89. The maximum absolute atomic E-state index is 11.3. The lowest BCUT2D eigenvalue weighted by atomic mass is 10.2. The molecule has 1 rings (SSSR count). The third-order valence-electron chi connectivity index (χ3n) is 1.84. The number of carbonyl (C=O) groups excluding carboxylic acids is 1. The molecule has 0 unspecified atom stereocenters. The van der Waals surface area contributed by atoms with E-state index >= 15 is 0 Å². The van der Waals surface area contributed by atoms with E-state index in [2.05, 4.69) is 0 Å². The highest BCUT2D eigenvalue weighted by atomic mass is 16.4. The first-order valence-electron chi connectivity index (χ1n) is 4.23. The highest BCUT2D eigenvalue weighted by Crippen LogP contribution is 1.95. The van der Waals surface area contributed by atoms with Gasteiger partial charge in [-0.15, -0.1) is 0 Å². The lowest BCUT2D eigenvalue weighted by Crippen LogP contribution is -2.23. The minimum atomic E-state index is -1.16. The average molecular weight is 210 g/mol. The Kier molecular flexibility index (Phi) is 3.22. The fourth-order valence-electron chi connectivity index (χ4n) is 1.06. The summed E-state index contributed by atoms with van der Waals surface area (Å²) in [5.41, 5.74) is 4.38. The summed E-state index contributed by atoms with van der Waals surface area (Å²) in [6.45, 7) is 0.161. The Bertz CT molecular complexity index is 450. The molecule has 0 saturated carbocycles. The summed E-state index contributed by atoms with van der Waals surface area (Å²) >= 11 is 0. The average Bonchev–Trinajstić information content (AvgIpc) is 2.15. The van der Waals surface area contributed by atoms with Crippen molar-refractivity contribution in [1.82, 2.24) is 4.57 Å². The zero-order valence-electron chi connectivity index (χ0n) is 7.84. The van der Waals surface area contributed by atoms with Crippen molar-refractivity contribution >= 4 is 11.9 Å². The number of hydrogen-bond acceptors (Lipinski definition) is 3. The van der Waals surface area contributed by atoms with E-state index in [1.54, 1.807) is 0 Å². The van der Waals surface area contributed by atoms with Crippen molar-refractivity contribution in [3.63, 3.8) is 0 Å². The van der Waals surface area contributed by atoms with Crippen LogP contribution in [-0.2, 0) is 11.3 Å². The first-order valence-corrected chi connectivity index (χ1v) is 4.23. The summed E-state index contributed by atoms with van der Waals surface area (Å²) in [6, 6.07) is 2.30. The van der Waals surface area contributed by atoms with Gasteiger partial charge in [-0.3, -0.25) is 9.59 Å². The predicted molar refractivity (Wildman–Crippen MR) is 51.5 cm³/mol. The van der Waals surface area contributed by atoms with Gasteiger partial charge >= 0.3 is 5.97 Å². The summed E-state index contributed by atoms with van der Waals surface area (Å²) in [5.74, 6) is -1.67. The van der Waals surface area contributed by atoms with Crippen molar-refractivity contribution in [2.24, 2.45) is 5.73 Å². The molecule has 1 aromatic heterocycles. The van der Waals surface area contributed by atoms with Crippen LogP contribution in [0.4, 0.5) is 0 Å². The molecule has 6 nitrogen and oxygen atoms in total. The van der Waals surface area contributed by atoms with Crippen molar-refractivity contribution in [3.05, 3.63) is 34.2 Å². The molecule has 15 heavy (non-hydrogen) atoms. The maximum atomic E-state index is 11.3. The molecule has 6 heteroatoms. The number of carboxylic acids is 1. The number of carboxylic acid groups (broad SMARTS) is 1. The molecule has 3 N–H and O–H groups in total. The molecule has 0 spiro atoms. The molecular formula is C9H10N2O4. The largest absolute Gasteiger partial charge is 0.478 e. The van der Waals surface area contributed by atoms with Gasteiger partial charge < -0.3 is 15.4 Å². The van der Waals surface area contributed by atoms with Crippen LogP contribution < -0.4 is 11.3 Å². The number of pyridine rings is 1. The monoisotopic (exact) mass is 210 g/mol. The number of carbonyl (C=O) groups is 2. The van der Waals surface area contributed by atoms with Crippen LogP contribution in [-0.4, -0.2) is 21.6 Å². The van der Waals surface area contributed by atoms with Gasteiger partial charge in [-0.1, -0.05) is 0 Å². The lowest BCUT2D eigenvalue weighted by molar-refractivity contribution is -0.118. The zero-order valence-corrected chi connectivity index (χ0v) is 7.84. The maximum Gasteiger partial charge on any atom is 0.335 e. The number of aromatic nitrogens is 1. The van der Waals surface area contributed by atoms with Crippen LogP contribution >= 0.6 is 0 Å².